The molecule has 0 bridgehead atoms. The fourth-order valence-electron chi connectivity index (χ4n) is 10.9. The molecule has 1 spiro atoms. The molecule has 1 aliphatic heterocycles. The van der Waals surface area contributed by atoms with Gasteiger partial charge >= 0.3 is 0 Å². The van der Waals surface area contributed by atoms with E-state index in [0.29, 0.717) is 0 Å². The number of hydrogen-bond donors (Lipinski definition) is 0. The average Bonchev–Trinajstić information content (AvgIpc) is 3.80. The number of aromatic nitrogens is 1. The molecule has 306 valence electrons. The van der Waals surface area contributed by atoms with Crippen molar-refractivity contribution in [3.8, 4) is 50.6 Å². The van der Waals surface area contributed by atoms with Crippen molar-refractivity contribution in [2.45, 2.75) is 11.8 Å². The van der Waals surface area contributed by atoms with Gasteiger partial charge in [-0.25, -0.2) is 0 Å². The summed E-state index contributed by atoms with van der Waals surface area (Å²) in [5, 5.41) is 2.47. The van der Waals surface area contributed by atoms with E-state index < -0.39 is 5.41 Å². The molecule has 1 aliphatic carbocycles. The van der Waals surface area contributed by atoms with Crippen molar-refractivity contribution in [1.82, 2.24) is 4.57 Å². The molecule has 65 heavy (non-hydrogen) atoms. The highest BCUT2D eigenvalue weighted by Gasteiger charge is 2.48. The maximum atomic E-state index is 6.77. The monoisotopic (exact) mass is 830 g/mol. The van der Waals surface area contributed by atoms with Crippen LogP contribution in [-0.4, -0.2) is 4.57 Å². The summed E-state index contributed by atoms with van der Waals surface area (Å²) in [6.45, 7) is 0. The minimum Gasteiger partial charge on any atom is -0.457 e. The minimum atomic E-state index is -0.450. The van der Waals surface area contributed by atoms with Gasteiger partial charge in [-0.1, -0.05) is 170 Å². The molecule has 2 aliphatic rings. The van der Waals surface area contributed by atoms with Gasteiger partial charge in [-0.05, 0) is 129 Å². The zero-order valence-electron chi connectivity index (χ0n) is 35.6. The van der Waals surface area contributed by atoms with Crippen LogP contribution in [0.2, 0.25) is 0 Å². The van der Waals surface area contributed by atoms with Gasteiger partial charge in [0.25, 0.3) is 0 Å². The number of para-hydroxylation sites is 4. The minimum absolute atomic E-state index is 0.450. The van der Waals surface area contributed by atoms with Gasteiger partial charge in [-0.2, -0.15) is 0 Å². The largest absolute Gasteiger partial charge is 0.457 e. The smallest absolute Gasteiger partial charge is 0.131 e. The highest BCUT2D eigenvalue weighted by atomic mass is 16.5. The van der Waals surface area contributed by atoms with E-state index in [1.165, 1.54) is 77.4 Å². The maximum absolute atomic E-state index is 6.77. The van der Waals surface area contributed by atoms with Crippen LogP contribution in [0, 0.1) is 0 Å². The molecule has 0 saturated heterocycles. The quantitative estimate of drug-likeness (QED) is 0.166. The number of nitrogens with zero attached hydrogens (tertiary/aromatic N) is 2. The first kappa shape index (κ1) is 37.2. The van der Waals surface area contributed by atoms with Gasteiger partial charge in [0.2, 0.25) is 0 Å². The lowest BCUT2D eigenvalue weighted by Gasteiger charge is -2.32. The van der Waals surface area contributed by atoms with E-state index in [0.717, 1.165) is 40.7 Å². The van der Waals surface area contributed by atoms with Crippen molar-refractivity contribution in [2.24, 2.45) is 0 Å². The number of anilines is 3. The molecule has 0 fully saturated rings. The van der Waals surface area contributed by atoms with Gasteiger partial charge < -0.3 is 14.2 Å². The van der Waals surface area contributed by atoms with E-state index in [9.17, 15) is 0 Å². The first-order valence-corrected chi connectivity index (χ1v) is 22.5. The number of fused-ring (bicyclic) bond motifs is 11. The van der Waals surface area contributed by atoms with E-state index in [-0.39, 0.29) is 0 Å². The van der Waals surface area contributed by atoms with Crippen molar-refractivity contribution in [2.75, 3.05) is 4.90 Å². The van der Waals surface area contributed by atoms with Crippen LogP contribution in [0.4, 0.5) is 17.1 Å². The first-order chi connectivity index (χ1) is 32.2. The van der Waals surface area contributed by atoms with Crippen LogP contribution in [0.5, 0.6) is 11.5 Å². The Morgan fingerprint density at radius 1 is 0.385 bits per heavy atom. The zero-order valence-corrected chi connectivity index (χ0v) is 35.6. The molecule has 2 heterocycles. The number of rotatable bonds is 6. The molecule has 1 atom stereocenters. The summed E-state index contributed by atoms with van der Waals surface area (Å²) < 4.78 is 9.24. The van der Waals surface area contributed by atoms with Crippen LogP contribution < -0.4 is 9.64 Å². The molecule has 1 aromatic heterocycles. The predicted molar refractivity (Wildman–Crippen MR) is 268 cm³/mol. The van der Waals surface area contributed by atoms with Gasteiger partial charge in [0.15, 0.2) is 0 Å². The molecule has 1 unspecified atom stereocenters. The maximum Gasteiger partial charge on any atom is 0.131 e. The van der Waals surface area contributed by atoms with Crippen molar-refractivity contribution < 1.29 is 4.74 Å². The van der Waals surface area contributed by atoms with Crippen molar-refractivity contribution >= 4 is 38.9 Å². The number of hydrogen-bond acceptors (Lipinski definition) is 2. The Kier molecular flexibility index (Phi) is 8.50. The normalized spacial score (nSPS) is 14.6. The van der Waals surface area contributed by atoms with E-state index in [1.54, 1.807) is 0 Å². The van der Waals surface area contributed by atoms with Gasteiger partial charge in [-0.15, -0.1) is 0 Å². The Hall–Kier alpha value is -8.40. The fourth-order valence-corrected chi connectivity index (χ4v) is 10.9. The van der Waals surface area contributed by atoms with Crippen molar-refractivity contribution in [3.05, 3.63) is 265 Å². The molecule has 10 aromatic carbocycles. The Labute approximate surface area is 378 Å². The first-order valence-electron chi connectivity index (χ1n) is 22.5. The van der Waals surface area contributed by atoms with Crippen molar-refractivity contribution in [1.29, 1.82) is 0 Å². The fraction of sp³-hybridized carbons (Fsp3) is 0.0323. The average molecular weight is 831 g/mol. The Bertz CT molecular complexity index is 3590. The second-order valence-corrected chi connectivity index (χ2v) is 17.2. The molecule has 3 heteroatoms. The van der Waals surface area contributed by atoms with Crippen LogP contribution in [-0.2, 0) is 11.8 Å². The van der Waals surface area contributed by atoms with Crippen LogP contribution in [0.25, 0.3) is 60.9 Å². The summed E-state index contributed by atoms with van der Waals surface area (Å²) in [5.41, 5.74) is 18.7. The van der Waals surface area contributed by atoms with E-state index in [2.05, 4.69) is 252 Å². The van der Waals surface area contributed by atoms with Crippen molar-refractivity contribution in [3.63, 3.8) is 0 Å². The van der Waals surface area contributed by atoms with Crippen LogP contribution in [0.3, 0.4) is 0 Å². The van der Waals surface area contributed by atoms with E-state index in [1.807, 2.05) is 0 Å². The topological polar surface area (TPSA) is 17.4 Å². The molecular formula is C62H42N2O. The standard InChI is InChI=1S/C62H42N2O/c1-3-16-42(17-4-1)43-30-34-47(35-31-43)63(46-19-5-2-6-20-46)48-36-32-44(33-37-48)50-23-15-27-58-61(50)53-22-9-12-26-57(53)64(58)49-38-39-52-51-21-8-10-24-54(51)62(56(52)40-49)41-45-18-7-13-28-59(45)65-60-29-14-11-25-55(60)62/h1-40H,41H2. The van der Waals surface area contributed by atoms with E-state index in [4.69, 9.17) is 4.74 Å². The third-order valence-corrected chi connectivity index (χ3v) is 13.8. The van der Waals surface area contributed by atoms with Gasteiger partial charge in [0, 0.05) is 39.1 Å². The second kappa shape index (κ2) is 14.9. The highest BCUT2D eigenvalue weighted by molar-refractivity contribution is 6.16. The molecule has 11 aromatic rings. The lowest BCUT2D eigenvalue weighted by molar-refractivity contribution is 0.477. The molecule has 3 nitrogen and oxygen atoms in total. The SMILES string of the molecule is c1ccc(-c2ccc(N(c3ccccc3)c3ccc(-c4cccc5c4c4ccccc4n5-c4ccc5c(c4)C4(Cc6ccccc6Oc6ccccc64)c4ccccc4-5)cc3)cc2)cc1. The zero-order chi connectivity index (χ0) is 42.9. The van der Waals surface area contributed by atoms with Crippen LogP contribution >= 0.6 is 0 Å². The summed E-state index contributed by atoms with van der Waals surface area (Å²) in [4.78, 5) is 2.33. The molecule has 0 amide bonds. The summed E-state index contributed by atoms with van der Waals surface area (Å²) in [6.07, 6.45) is 0.793. The summed E-state index contributed by atoms with van der Waals surface area (Å²) in [5.74, 6) is 1.83. The van der Waals surface area contributed by atoms with Gasteiger partial charge in [0.05, 0.1) is 16.4 Å². The molecule has 0 N–H and O–H groups in total. The summed E-state index contributed by atoms with van der Waals surface area (Å²) >= 11 is 0. The molecule has 0 radical (unpaired) electrons. The Balaban J connectivity index is 0.949. The summed E-state index contributed by atoms with van der Waals surface area (Å²) in [7, 11) is 0. The molecule has 13 rings (SSSR count). The molecular weight excluding hydrogens is 789 g/mol. The third kappa shape index (κ3) is 5.82. The van der Waals surface area contributed by atoms with Crippen LogP contribution in [0.1, 0.15) is 22.3 Å². The number of benzene rings is 10. The lowest BCUT2D eigenvalue weighted by Crippen LogP contribution is -2.29. The summed E-state index contributed by atoms with van der Waals surface area (Å²) in [6, 6.07) is 88.2. The Morgan fingerprint density at radius 2 is 0.954 bits per heavy atom. The number of ether oxygens (including phenoxy) is 1. The third-order valence-electron chi connectivity index (χ3n) is 13.8. The van der Waals surface area contributed by atoms with E-state index >= 15 is 0 Å². The second-order valence-electron chi connectivity index (χ2n) is 17.2. The van der Waals surface area contributed by atoms with Gasteiger partial charge in [0.1, 0.15) is 11.5 Å². The van der Waals surface area contributed by atoms with Gasteiger partial charge in [-0.3, -0.25) is 0 Å². The van der Waals surface area contributed by atoms with Crippen LogP contribution in [0.15, 0.2) is 243 Å². The predicted octanol–water partition coefficient (Wildman–Crippen LogP) is 16.3. The Morgan fingerprint density at radius 3 is 1.75 bits per heavy atom. The highest BCUT2D eigenvalue weighted by Crippen LogP contribution is 2.58. The lowest BCUT2D eigenvalue weighted by atomic mass is 9.68. The molecule has 0 saturated carbocycles.